The van der Waals surface area contributed by atoms with E-state index in [-0.39, 0.29) is 17.1 Å². The highest BCUT2D eigenvalue weighted by Gasteiger charge is 2.32. The summed E-state index contributed by atoms with van der Waals surface area (Å²) in [5.74, 6) is 1.91. The summed E-state index contributed by atoms with van der Waals surface area (Å²) in [7, 11) is 3.34. The maximum absolute atomic E-state index is 6.42. The van der Waals surface area contributed by atoms with E-state index in [1.807, 2.05) is 12.1 Å². The Kier molecular flexibility index (Phi) is 7.56. The number of nitrogens with zero attached hydrogens (tertiary/aromatic N) is 2. The number of hydrogen-bond donors (Lipinski definition) is 1. The van der Waals surface area contributed by atoms with Gasteiger partial charge >= 0.3 is 0 Å². The van der Waals surface area contributed by atoms with Crippen molar-refractivity contribution in [2.45, 2.75) is 50.2 Å². The van der Waals surface area contributed by atoms with Crippen LogP contribution in [0.15, 0.2) is 28.2 Å². The largest absolute Gasteiger partial charge is 0.497 e. The summed E-state index contributed by atoms with van der Waals surface area (Å²) in [5.41, 5.74) is 0.925. The van der Waals surface area contributed by atoms with Crippen molar-refractivity contribution in [2.24, 2.45) is 9.98 Å². The average Bonchev–Trinajstić information content (AvgIpc) is 2.61. The molecule has 0 fully saturated rings. The molecule has 0 amide bonds. The number of halogens is 2. The van der Waals surface area contributed by atoms with Crippen LogP contribution in [0.3, 0.4) is 0 Å². The molecule has 0 spiro atoms. The maximum atomic E-state index is 6.42. The van der Waals surface area contributed by atoms with Crippen molar-refractivity contribution in [1.29, 1.82) is 0 Å². The number of aliphatic imine (C=N–C) groups is 2. The van der Waals surface area contributed by atoms with Gasteiger partial charge in [0.2, 0.25) is 0 Å². The number of alkyl halides is 1. The van der Waals surface area contributed by atoms with E-state index in [9.17, 15) is 0 Å². The summed E-state index contributed by atoms with van der Waals surface area (Å²) in [5, 5.41) is 4.01. The average molecular weight is 431 g/mol. The molecule has 5 nitrogen and oxygen atoms in total. The molecule has 0 aliphatic carbocycles. The Hall–Kier alpha value is -1.27. The van der Waals surface area contributed by atoms with Crippen molar-refractivity contribution in [2.75, 3.05) is 14.2 Å². The highest BCUT2D eigenvalue weighted by Crippen LogP contribution is 2.34. The number of rotatable bonds is 6. The van der Waals surface area contributed by atoms with Crippen LogP contribution in [-0.2, 0) is 4.74 Å². The molecule has 1 aliphatic rings. The van der Waals surface area contributed by atoms with Gasteiger partial charge < -0.3 is 14.8 Å². The van der Waals surface area contributed by atoms with Gasteiger partial charge in [-0.25, -0.2) is 4.99 Å². The second-order valence-corrected chi connectivity index (χ2v) is 7.17. The standard InChI is InChI=1S/C18H25BrClN3O2/c1-5-7-11(6-2)25-18-17(21-3)22-15(16(19)23-18)13-9-8-12(24-4)10-14(13)20/h8-11,15-16H,5-7H2,1-4H3,(H,21,22). The van der Waals surface area contributed by atoms with E-state index >= 15 is 0 Å². The Morgan fingerprint density at radius 1 is 1.40 bits per heavy atom. The first-order chi connectivity index (χ1) is 12.0. The van der Waals surface area contributed by atoms with Crippen LogP contribution >= 0.6 is 27.5 Å². The van der Waals surface area contributed by atoms with E-state index < -0.39 is 0 Å². The van der Waals surface area contributed by atoms with Crippen LogP contribution in [0.25, 0.3) is 0 Å². The van der Waals surface area contributed by atoms with Crippen LogP contribution in [0.1, 0.15) is 44.7 Å². The smallest absolute Gasteiger partial charge is 0.253 e. The number of methoxy groups -OCH3 is 1. The predicted octanol–water partition coefficient (Wildman–Crippen LogP) is 4.74. The Morgan fingerprint density at radius 3 is 2.72 bits per heavy atom. The predicted molar refractivity (Wildman–Crippen MR) is 107 cm³/mol. The Labute approximate surface area is 163 Å². The molecule has 3 unspecified atom stereocenters. The van der Waals surface area contributed by atoms with Gasteiger partial charge in [-0.1, -0.05) is 53.9 Å². The minimum Gasteiger partial charge on any atom is -0.497 e. The maximum Gasteiger partial charge on any atom is 0.253 e. The first-order valence-corrected chi connectivity index (χ1v) is 9.79. The van der Waals surface area contributed by atoms with Gasteiger partial charge in [0.15, 0.2) is 5.84 Å². The molecule has 138 valence electrons. The second kappa shape index (κ2) is 9.43. The van der Waals surface area contributed by atoms with Crippen LogP contribution in [-0.4, -0.2) is 36.9 Å². The van der Waals surface area contributed by atoms with Gasteiger partial charge in [0.25, 0.3) is 5.90 Å². The molecule has 0 saturated heterocycles. The zero-order valence-corrected chi connectivity index (χ0v) is 17.4. The molecule has 3 atom stereocenters. The highest BCUT2D eigenvalue weighted by atomic mass is 79.9. The third-order valence-corrected chi connectivity index (χ3v) is 5.18. The fraction of sp³-hybridized carbons (Fsp3) is 0.556. The van der Waals surface area contributed by atoms with Crippen molar-refractivity contribution >= 4 is 39.3 Å². The van der Waals surface area contributed by atoms with Crippen molar-refractivity contribution < 1.29 is 9.47 Å². The first-order valence-electron chi connectivity index (χ1n) is 8.49. The lowest BCUT2D eigenvalue weighted by Gasteiger charge is -2.31. The van der Waals surface area contributed by atoms with E-state index in [2.05, 4.69) is 45.1 Å². The normalized spacial score (nSPS) is 23.0. The number of ether oxygens (including phenoxy) is 2. The molecule has 0 bridgehead atoms. The lowest BCUT2D eigenvalue weighted by Crippen LogP contribution is -2.45. The number of amidine groups is 1. The number of benzene rings is 1. The van der Waals surface area contributed by atoms with Crippen LogP contribution in [0.4, 0.5) is 0 Å². The minimum absolute atomic E-state index is 0.142. The topological polar surface area (TPSA) is 55.2 Å². The molecular weight excluding hydrogens is 406 g/mol. The van der Waals surface area contributed by atoms with Crippen LogP contribution in [0.2, 0.25) is 5.02 Å². The summed E-state index contributed by atoms with van der Waals surface area (Å²) in [6, 6.07) is 5.48. The minimum atomic E-state index is -0.210. The van der Waals surface area contributed by atoms with E-state index in [1.54, 1.807) is 20.2 Å². The molecule has 0 radical (unpaired) electrons. The Bertz CT molecular complexity index is 651. The molecular formula is C18H25BrClN3O2. The molecule has 1 aromatic carbocycles. The summed E-state index contributed by atoms with van der Waals surface area (Å²) in [6.45, 7) is 4.27. The van der Waals surface area contributed by atoms with Gasteiger partial charge in [-0.05, 0) is 30.5 Å². The van der Waals surface area contributed by atoms with E-state index in [4.69, 9.17) is 21.1 Å². The zero-order chi connectivity index (χ0) is 18.4. The molecule has 1 aliphatic heterocycles. The first kappa shape index (κ1) is 20.0. The fourth-order valence-corrected chi connectivity index (χ4v) is 3.60. The molecule has 1 N–H and O–H groups in total. The number of nitrogens with one attached hydrogen (secondary N) is 1. The van der Waals surface area contributed by atoms with E-state index in [0.717, 1.165) is 30.6 Å². The molecule has 0 aromatic heterocycles. The van der Waals surface area contributed by atoms with Gasteiger partial charge in [-0.3, -0.25) is 4.99 Å². The molecule has 0 saturated carbocycles. The van der Waals surface area contributed by atoms with Crippen molar-refractivity contribution in [3.8, 4) is 5.75 Å². The van der Waals surface area contributed by atoms with Gasteiger partial charge in [-0.2, -0.15) is 0 Å². The zero-order valence-electron chi connectivity index (χ0n) is 15.1. The van der Waals surface area contributed by atoms with Crippen LogP contribution in [0, 0.1) is 0 Å². The summed E-state index contributed by atoms with van der Waals surface area (Å²) < 4.78 is 11.3. The van der Waals surface area contributed by atoms with Crippen molar-refractivity contribution in [3.05, 3.63) is 28.8 Å². The number of hydrogen-bond acceptors (Lipinski definition) is 4. The quantitative estimate of drug-likeness (QED) is 0.524. The summed E-state index contributed by atoms with van der Waals surface area (Å²) in [6.07, 6.45) is 3.14. The van der Waals surface area contributed by atoms with Gasteiger partial charge in [-0.15, -0.1) is 0 Å². The second-order valence-electron chi connectivity index (χ2n) is 5.83. The van der Waals surface area contributed by atoms with E-state index in [0.29, 0.717) is 16.8 Å². The molecule has 25 heavy (non-hydrogen) atoms. The molecule has 2 rings (SSSR count). The third kappa shape index (κ3) is 4.88. The Morgan fingerprint density at radius 2 is 2.16 bits per heavy atom. The SMILES string of the molecule is CCCC(CC)OC1=NC(Br)C(c2ccc(OC)cc2Cl)NC1=NC. The van der Waals surface area contributed by atoms with Gasteiger partial charge in [0, 0.05) is 12.1 Å². The molecule has 7 heteroatoms. The third-order valence-electron chi connectivity index (χ3n) is 4.12. The lowest BCUT2D eigenvalue weighted by molar-refractivity contribution is 0.174. The van der Waals surface area contributed by atoms with Crippen LogP contribution in [0.5, 0.6) is 5.75 Å². The summed E-state index contributed by atoms with van der Waals surface area (Å²) >= 11 is 10.1. The van der Waals surface area contributed by atoms with Crippen LogP contribution < -0.4 is 10.1 Å². The Balaban J connectivity index is 2.26. The van der Waals surface area contributed by atoms with Gasteiger partial charge in [0.1, 0.15) is 16.8 Å². The monoisotopic (exact) mass is 429 g/mol. The van der Waals surface area contributed by atoms with Crippen molar-refractivity contribution in [1.82, 2.24) is 5.32 Å². The summed E-state index contributed by atoms with van der Waals surface area (Å²) in [4.78, 5) is 8.77. The van der Waals surface area contributed by atoms with Crippen molar-refractivity contribution in [3.63, 3.8) is 0 Å². The molecule has 1 aromatic rings. The van der Waals surface area contributed by atoms with E-state index in [1.165, 1.54) is 0 Å². The highest BCUT2D eigenvalue weighted by molar-refractivity contribution is 9.09. The molecule has 1 heterocycles. The lowest BCUT2D eigenvalue weighted by atomic mass is 10.1. The fourth-order valence-electron chi connectivity index (χ4n) is 2.71. The van der Waals surface area contributed by atoms with Gasteiger partial charge in [0.05, 0.1) is 13.2 Å².